The van der Waals surface area contributed by atoms with Crippen molar-refractivity contribution in [3.63, 3.8) is 0 Å². The van der Waals surface area contributed by atoms with Crippen LogP contribution in [0.25, 0.3) is 0 Å². The third-order valence-electron chi connectivity index (χ3n) is 4.05. The van der Waals surface area contributed by atoms with E-state index in [1.807, 2.05) is 24.3 Å². The lowest BCUT2D eigenvalue weighted by Crippen LogP contribution is -2.37. The van der Waals surface area contributed by atoms with Gasteiger partial charge in [-0.05, 0) is 36.4 Å². The first-order valence-electron chi connectivity index (χ1n) is 8.39. The second-order valence-electron chi connectivity index (χ2n) is 5.85. The average molecular weight is 374 g/mol. The highest BCUT2D eigenvalue weighted by molar-refractivity contribution is 6.30. The molecule has 0 unspecified atom stereocenters. The molecule has 0 spiro atoms. The molecule has 0 aromatic heterocycles. The summed E-state index contributed by atoms with van der Waals surface area (Å²) < 4.78 is 5.37. The number of hydrogen-bond acceptors (Lipinski definition) is 4. The van der Waals surface area contributed by atoms with Crippen molar-refractivity contribution in [1.82, 2.24) is 5.32 Å². The van der Waals surface area contributed by atoms with E-state index < -0.39 is 0 Å². The molecule has 7 heteroatoms. The molecule has 1 aliphatic rings. The molecule has 2 aromatic rings. The summed E-state index contributed by atoms with van der Waals surface area (Å²) in [4.78, 5) is 26.5. The van der Waals surface area contributed by atoms with E-state index in [1.165, 1.54) is 0 Å². The zero-order chi connectivity index (χ0) is 18.4. The van der Waals surface area contributed by atoms with Crippen LogP contribution in [-0.4, -0.2) is 44.7 Å². The fourth-order valence-electron chi connectivity index (χ4n) is 2.72. The highest BCUT2D eigenvalue weighted by Gasteiger charge is 2.16. The molecular weight excluding hydrogens is 354 g/mol. The minimum absolute atomic E-state index is 0.112. The molecule has 1 heterocycles. The highest BCUT2D eigenvalue weighted by atomic mass is 35.5. The van der Waals surface area contributed by atoms with Crippen LogP contribution in [0.2, 0.25) is 5.02 Å². The Bertz CT molecular complexity index is 774. The van der Waals surface area contributed by atoms with Crippen LogP contribution in [-0.2, 0) is 9.53 Å². The van der Waals surface area contributed by atoms with E-state index in [2.05, 4.69) is 15.5 Å². The zero-order valence-corrected chi connectivity index (χ0v) is 15.0. The van der Waals surface area contributed by atoms with Gasteiger partial charge in [-0.15, -0.1) is 0 Å². The van der Waals surface area contributed by atoms with Crippen LogP contribution in [0.15, 0.2) is 48.5 Å². The molecule has 0 saturated carbocycles. The lowest BCUT2D eigenvalue weighted by molar-refractivity contribution is -0.115. The quantitative estimate of drug-likeness (QED) is 0.845. The normalized spacial score (nSPS) is 14.0. The summed E-state index contributed by atoms with van der Waals surface area (Å²) in [5.74, 6) is -0.605. The van der Waals surface area contributed by atoms with Gasteiger partial charge in [-0.25, -0.2) is 0 Å². The molecule has 0 bridgehead atoms. The summed E-state index contributed by atoms with van der Waals surface area (Å²) in [6.07, 6.45) is 0. The van der Waals surface area contributed by atoms with Gasteiger partial charge in [0.2, 0.25) is 5.91 Å². The summed E-state index contributed by atoms with van der Waals surface area (Å²) in [6.45, 7) is 2.78. The summed E-state index contributed by atoms with van der Waals surface area (Å²) in [6, 6.07) is 14.1. The Kier molecular flexibility index (Phi) is 6.09. The van der Waals surface area contributed by atoms with E-state index in [1.54, 1.807) is 24.3 Å². The fourth-order valence-corrected chi connectivity index (χ4v) is 2.84. The van der Waals surface area contributed by atoms with E-state index in [0.717, 1.165) is 24.5 Å². The van der Waals surface area contributed by atoms with Crippen LogP contribution >= 0.6 is 11.6 Å². The van der Waals surface area contributed by atoms with E-state index in [-0.39, 0.29) is 18.4 Å². The van der Waals surface area contributed by atoms with Crippen molar-refractivity contribution in [2.75, 3.05) is 43.1 Å². The molecule has 3 rings (SSSR count). The lowest BCUT2D eigenvalue weighted by Gasteiger charge is -2.30. The van der Waals surface area contributed by atoms with Crippen LogP contribution < -0.4 is 15.5 Å². The number of amides is 2. The minimum atomic E-state index is -0.321. The number of anilines is 2. The Morgan fingerprint density at radius 3 is 2.46 bits per heavy atom. The number of benzene rings is 2. The summed E-state index contributed by atoms with van der Waals surface area (Å²) in [7, 11) is 0. The van der Waals surface area contributed by atoms with Gasteiger partial charge in [-0.3, -0.25) is 9.59 Å². The number of para-hydroxylation sites is 2. The molecule has 0 aliphatic carbocycles. The molecule has 26 heavy (non-hydrogen) atoms. The lowest BCUT2D eigenvalue weighted by atomic mass is 10.2. The minimum Gasteiger partial charge on any atom is -0.378 e. The van der Waals surface area contributed by atoms with Gasteiger partial charge in [0, 0.05) is 23.7 Å². The number of morpholine rings is 1. The highest BCUT2D eigenvalue weighted by Crippen LogP contribution is 2.26. The van der Waals surface area contributed by atoms with Gasteiger partial charge in [0.15, 0.2) is 0 Å². The van der Waals surface area contributed by atoms with E-state index in [0.29, 0.717) is 23.8 Å². The smallest absolute Gasteiger partial charge is 0.251 e. The van der Waals surface area contributed by atoms with E-state index in [9.17, 15) is 9.59 Å². The largest absolute Gasteiger partial charge is 0.378 e. The Hall–Kier alpha value is -2.57. The van der Waals surface area contributed by atoms with Crippen molar-refractivity contribution in [3.8, 4) is 0 Å². The van der Waals surface area contributed by atoms with Gasteiger partial charge in [0.25, 0.3) is 5.91 Å². The first kappa shape index (κ1) is 18.2. The predicted molar refractivity (Wildman–Crippen MR) is 102 cm³/mol. The van der Waals surface area contributed by atoms with Crippen LogP contribution in [0.4, 0.5) is 11.4 Å². The second kappa shape index (κ2) is 8.69. The first-order chi connectivity index (χ1) is 12.6. The molecule has 6 nitrogen and oxygen atoms in total. The van der Waals surface area contributed by atoms with Crippen LogP contribution in [0, 0.1) is 0 Å². The van der Waals surface area contributed by atoms with Crippen molar-refractivity contribution in [2.24, 2.45) is 0 Å². The van der Waals surface area contributed by atoms with Crippen molar-refractivity contribution in [1.29, 1.82) is 0 Å². The molecule has 1 fully saturated rings. The van der Waals surface area contributed by atoms with Crippen molar-refractivity contribution in [2.45, 2.75) is 0 Å². The number of ether oxygens (including phenoxy) is 1. The fraction of sp³-hybridized carbons (Fsp3) is 0.263. The van der Waals surface area contributed by atoms with Crippen LogP contribution in [0.3, 0.4) is 0 Å². The van der Waals surface area contributed by atoms with Gasteiger partial charge >= 0.3 is 0 Å². The number of rotatable bonds is 5. The zero-order valence-electron chi connectivity index (χ0n) is 14.2. The van der Waals surface area contributed by atoms with Gasteiger partial charge in [0.1, 0.15) is 0 Å². The molecule has 1 saturated heterocycles. The van der Waals surface area contributed by atoms with Crippen molar-refractivity contribution < 1.29 is 14.3 Å². The van der Waals surface area contributed by atoms with Gasteiger partial charge in [-0.1, -0.05) is 23.7 Å². The Labute approximate surface area is 157 Å². The molecular formula is C19H20ClN3O3. The third kappa shape index (κ3) is 4.74. The summed E-state index contributed by atoms with van der Waals surface area (Å²) in [5.41, 5.74) is 2.13. The van der Waals surface area contributed by atoms with Crippen LogP contribution in [0.5, 0.6) is 0 Å². The Morgan fingerprint density at radius 2 is 1.73 bits per heavy atom. The molecule has 0 atom stereocenters. The standard InChI is InChI=1S/C19H20ClN3O3/c20-15-7-5-14(6-8-15)19(25)21-13-18(24)22-16-3-1-2-4-17(16)23-9-11-26-12-10-23/h1-8H,9-13H2,(H,21,25)(H,22,24). The third-order valence-corrected chi connectivity index (χ3v) is 4.30. The average Bonchev–Trinajstić information content (AvgIpc) is 2.68. The molecule has 2 amide bonds. The summed E-state index contributed by atoms with van der Waals surface area (Å²) in [5, 5.41) is 6.03. The summed E-state index contributed by atoms with van der Waals surface area (Å²) >= 11 is 5.81. The molecule has 1 aliphatic heterocycles. The second-order valence-corrected chi connectivity index (χ2v) is 6.29. The van der Waals surface area contributed by atoms with Gasteiger partial charge < -0.3 is 20.3 Å². The number of nitrogens with zero attached hydrogens (tertiary/aromatic N) is 1. The molecule has 2 aromatic carbocycles. The number of hydrogen-bond donors (Lipinski definition) is 2. The number of nitrogens with one attached hydrogen (secondary N) is 2. The van der Waals surface area contributed by atoms with Gasteiger partial charge in [-0.2, -0.15) is 0 Å². The number of halogens is 1. The Balaban J connectivity index is 1.58. The maximum atomic E-state index is 12.2. The number of carbonyl (C=O) groups excluding carboxylic acids is 2. The molecule has 136 valence electrons. The SMILES string of the molecule is O=C(CNC(=O)c1ccc(Cl)cc1)Nc1ccccc1N1CCOCC1. The molecule has 0 radical (unpaired) electrons. The monoisotopic (exact) mass is 373 g/mol. The van der Waals surface area contributed by atoms with Crippen LogP contribution in [0.1, 0.15) is 10.4 Å². The number of carbonyl (C=O) groups is 2. The topological polar surface area (TPSA) is 70.7 Å². The molecule has 2 N–H and O–H groups in total. The predicted octanol–water partition coefficient (Wildman–Crippen LogP) is 2.55. The van der Waals surface area contributed by atoms with Gasteiger partial charge in [0.05, 0.1) is 31.1 Å². The maximum absolute atomic E-state index is 12.2. The maximum Gasteiger partial charge on any atom is 0.251 e. The van der Waals surface area contributed by atoms with E-state index >= 15 is 0 Å². The van der Waals surface area contributed by atoms with E-state index in [4.69, 9.17) is 16.3 Å². The van der Waals surface area contributed by atoms with Crippen molar-refractivity contribution >= 4 is 34.8 Å². The Morgan fingerprint density at radius 1 is 1.04 bits per heavy atom. The van der Waals surface area contributed by atoms with Crippen molar-refractivity contribution in [3.05, 3.63) is 59.1 Å². The first-order valence-corrected chi connectivity index (χ1v) is 8.76.